The van der Waals surface area contributed by atoms with E-state index in [1.807, 2.05) is 0 Å². The van der Waals surface area contributed by atoms with Crippen molar-refractivity contribution in [1.82, 2.24) is 4.90 Å². The van der Waals surface area contributed by atoms with Gasteiger partial charge in [-0.15, -0.1) is 0 Å². The first-order valence-electron chi connectivity index (χ1n) is 6.06. The number of carboxylic acid groups (broad SMARTS) is 1. The molecule has 0 spiro atoms. The van der Waals surface area contributed by atoms with E-state index in [1.165, 1.54) is 12.1 Å². The third-order valence-electron chi connectivity index (χ3n) is 3.16. The molecule has 2 amide bonds. The van der Waals surface area contributed by atoms with Crippen molar-refractivity contribution < 1.29 is 14.7 Å². The zero-order valence-corrected chi connectivity index (χ0v) is 11.3. The molecule has 2 rings (SSSR count). The Morgan fingerprint density at radius 2 is 2.21 bits per heavy atom. The van der Waals surface area contributed by atoms with Gasteiger partial charge < -0.3 is 15.3 Å². The van der Waals surface area contributed by atoms with Gasteiger partial charge in [0.15, 0.2) is 0 Å². The molecule has 0 radical (unpaired) electrons. The molecule has 102 valence electrons. The molecule has 1 aliphatic heterocycles. The van der Waals surface area contributed by atoms with Crippen LogP contribution in [0.25, 0.3) is 0 Å². The summed E-state index contributed by atoms with van der Waals surface area (Å²) < 4.78 is 0. The topological polar surface area (TPSA) is 69.6 Å². The Bertz CT molecular complexity index is 519. The number of benzene rings is 1. The van der Waals surface area contributed by atoms with Crippen molar-refractivity contribution in [2.45, 2.75) is 13.3 Å². The van der Waals surface area contributed by atoms with Gasteiger partial charge in [0.05, 0.1) is 10.6 Å². The Morgan fingerprint density at radius 3 is 2.79 bits per heavy atom. The number of rotatable bonds is 2. The number of hydrogen-bond acceptors (Lipinski definition) is 2. The lowest BCUT2D eigenvalue weighted by atomic mass is 10.2. The lowest BCUT2D eigenvalue weighted by molar-refractivity contribution is 0.0697. The number of carbonyl (C=O) groups is 2. The minimum absolute atomic E-state index is 0.0192. The molecular formula is C13H15ClN2O3. The van der Waals surface area contributed by atoms with E-state index in [1.54, 1.807) is 11.0 Å². The summed E-state index contributed by atoms with van der Waals surface area (Å²) in [5.41, 5.74) is 0.417. The molecule has 0 aromatic heterocycles. The lowest BCUT2D eigenvalue weighted by Gasteiger charge is -2.17. The molecular weight excluding hydrogens is 268 g/mol. The monoisotopic (exact) mass is 282 g/mol. The molecule has 19 heavy (non-hydrogen) atoms. The van der Waals surface area contributed by atoms with Crippen molar-refractivity contribution in [2.24, 2.45) is 5.92 Å². The number of likely N-dealkylation sites (tertiary alicyclic amines) is 1. The zero-order chi connectivity index (χ0) is 14.0. The maximum atomic E-state index is 12.0. The van der Waals surface area contributed by atoms with E-state index in [-0.39, 0.29) is 16.6 Å². The summed E-state index contributed by atoms with van der Waals surface area (Å²) in [6, 6.07) is 4.21. The minimum atomic E-state index is -1.11. The highest BCUT2D eigenvalue weighted by Gasteiger charge is 2.23. The Morgan fingerprint density at radius 1 is 1.47 bits per heavy atom. The molecule has 0 aliphatic carbocycles. The van der Waals surface area contributed by atoms with Crippen LogP contribution in [0.2, 0.25) is 5.02 Å². The second-order valence-corrected chi connectivity index (χ2v) is 5.18. The Balaban J connectivity index is 2.09. The third-order valence-corrected chi connectivity index (χ3v) is 3.49. The van der Waals surface area contributed by atoms with Gasteiger partial charge in [0.1, 0.15) is 0 Å². The molecule has 1 heterocycles. The van der Waals surface area contributed by atoms with Crippen molar-refractivity contribution in [2.75, 3.05) is 18.4 Å². The highest BCUT2D eigenvalue weighted by atomic mass is 35.5. The quantitative estimate of drug-likeness (QED) is 0.876. The van der Waals surface area contributed by atoms with E-state index < -0.39 is 5.97 Å². The second-order valence-electron chi connectivity index (χ2n) is 4.77. The van der Waals surface area contributed by atoms with Crippen LogP contribution < -0.4 is 5.32 Å². The van der Waals surface area contributed by atoms with Gasteiger partial charge in [-0.3, -0.25) is 0 Å². The first-order chi connectivity index (χ1) is 8.97. The van der Waals surface area contributed by atoms with Gasteiger partial charge in [0, 0.05) is 18.8 Å². The summed E-state index contributed by atoms with van der Waals surface area (Å²) >= 11 is 5.77. The molecule has 1 saturated heterocycles. The van der Waals surface area contributed by atoms with E-state index in [0.717, 1.165) is 19.5 Å². The van der Waals surface area contributed by atoms with Crippen LogP contribution in [0.15, 0.2) is 18.2 Å². The number of carboxylic acids is 1. The average Bonchev–Trinajstić information content (AvgIpc) is 2.78. The first-order valence-corrected chi connectivity index (χ1v) is 6.44. The number of halogens is 1. The predicted octanol–water partition coefficient (Wildman–Crippen LogP) is 2.91. The van der Waals surface area contributed by atoms with Gasteiger partial charge in [-0.25, -0.2) is 9.59 Å². The van der Waals surface area contributed by atoms with Crippen LogP contribution in [0.4, 0.5) is 10.5 Å². The molecule has 2 N–H and O–H groups in total. The van der Waals surface area contributed by atoms with Crippen LogP contribution in [0.5, 0.6) is 0 Å². The number of aromatic carboxylic acids is 1. The normalized spacial score (nSPS) is 18.4. The maximum absolute atomic E-state index is 12.0. The van der Waals surface area contributed by atoms with Gasteiger partial charge in [0.2, 0.25) is 0 Å². The maximum Gasteiger partial charge on any atom is 0.337 e. The molecule has 6 heteroatoms. The van der Waals surface area contributed by atoms with Gasteiger partial charge in [-0.05, 0) is 30.5 Å². The van der Waals surface area contributed by atoms with E-state index in [4.69, 9.17) is 16.7 Å². The number of amides is 2. The van der Waals surface area contributed by atoms with Crippen molar-refractivity contribution in [3.05, 3.63) is 28.8 Å². The molecule has 5 nitrogen and oxygen atoms in total. The number of hydrogen-bond donors (Lipinski definition) is 2. The molecule has 1 aromatic carbocycles. The standard InChI is InChI=1S/C13H15ClN2O3/c1-8-4-5-16(7-8)13(19)15-9-2-3-11(14)10(6-9)12(17)18/h2-3,6,8H,4-5,7H2,1H3,(H,15,19)(H,17,18). The van der Waals surface area contributed by atoms with Gasteiger partial charge in [0.25, 0.3) is 0 Å². The van der Waals surface area contributed by atoms with Crippen LogP contribution in [0, 0.1) is 5.92 Å². The molecule has 1 unspecified atom stereocenters. The lowest BCUT2D eigenvalue weighted by Crippen LogP contribution is -2.32. The van der Waals surface area contributed by atoms with Crippen LogP contribution in [0.3, 0.4) is 0 Å². The van der Waals surface area contributed by atoms with Crippen LogP contribution in [0.1, 0.15) is 23.7 Å². The van der Waals surface area contributed by atoms with Crippen LogP contribution >= 0.6 is 11.6 Å². The summed E-state index contributed by atoms with van der Waals surface area (Å²) in [4.78, 5) is 24.6. The largest absolute Gasteiger partial charge is 0.478 e. The minimum Gasteiger partial charge on any atom is -0.478 e. The number of nitrogens with zero attached hydrogens (tertiary/aromatic N) is 1. The van der Waals surface area contributed by atoms with Crippen molar-refractivity contribution in [1.29, 1.82) is 0 Å². The fraction of sp³-hybridized carbons (Fsp3) is 0.385. The Kier molecular flexibility index (Phi) is 3.95. The fourth-order valence-electron chi connectivity index (χ4n) is 2.09. The van der Waals surface area contributed by atoms with E-state index in [0.29, 0.717) is 11.6 Å². The van der Waals surface area contributed by atoms with Gasteiger partial charge in [-0.1, -0.05) is 18.5 Å². The first kappa shape index (κ1) is 13.7. The highest BCUT2D eigenvalue weighted by Crippen LogP contribution is 2.22. The molecule has 1 aromatic rings. The molecule has 0 bridgehead atoms. The number of carbonyl (C=O) groups excluding carboxylic acids is 1. The SMILES string of the molecule is CC1CCN(C(=O)Nc2ccc(Cl)c(C(=O)O)c2)C1. The summed E-state index contributed by atoms with van der Waals surface area (Å²) in [7, 11) is 0. The summed E-state index contributed by atoms with van der Waals surface area (Å²) in [6.07, 6.45) is 0.994. The van der Waals surface area contributed by atoms with Crippen molar-refractivity contribution in [3.8, 4) is 0 Å². The van der Waals surface area contributed by atoms with Crippen molar-refractivity contribution >= 4 is 29.3 Å². The highest BCUT2D eigenvalue weighted by molar-refractivity contribution is 6.33. The van der Waals surface area contributed by atoms with Crippen LogP contribution in [-0.4, -0.2) is 35.1 Å². The number of urea groups is 1. The molecule has 1 aliphatic rings. The third kappa shape index (κ3) is 3.17. The summed E-state index contributed by atoms with van der Waals surface area (Å²) in [6.45, 7) is 3.55. The van der Waals surface area contributed by atoms with Crippen molar-refractivity contribution in [3.63, 3.8) is 0 Å². The Labute approximate surface area is 116 Å². The molecule has 0 saturated carbocycles. The van der Waals surface area contributed by atoms with Gasteiger partial charge >= 0.3 is 12.0 Å². The van der Waals surface area contributed by atoms with E-state index in [9.17, 15) is 9.59 Å². The average molecular weight is 283 g/mol. The zero-order valence-electron chi connectivity index (χ0n) is 10.5. The Hall–Kier alpha value is -1.75. The summed E-state index contributed by atoms with van der Waals surface area (Å²) in [5, 5.41) is 11.8. The smallest absolute Gasteiger partial charge is 0.337 e. The fourth-order valence-corrected chi connectivity index (χ4v) is 2.29. The van der Waals surface area contributed by atoms with E-state index in [2.05, 4.69) is 12.2 Å². The van der Waals surface area contributed by atoms with Gasteiger partial charge in [-0.2, -0.15) is 0 Å². The molecule has 1 atom stereocenters. The summed E-state index contributed by atoms with van der Waals surface area (Å²) in [5.74, 6) is -0.610. The number of nitrogens with one attached hydrogen (secondary N) is 1. The van der Waals surface area contributed by atoms with Crippen LogP contribution in [-0.2, 0) is 0 Å². The second kappa shape index (κ2) is 5.48. The predicted molar refractivity (Wildman–Crippen MR) is 72.8 cm³/mol. The number of anilines is 1. The molecule has 1 fully saturated rings. The van der Waals surface area contributed by atoms with E-state index >= 15 is 0 Å².